The van der Waals surface area contributed by atoms with Gasteiger partial charge < -0.3 is 4.90 Å². The molecule has 0 unspecified atom stereocenters. The van der Waals surface area contributed by atoms with Gasteiger partial charge in [-0.2, -0.15) is 4.39 Å². The Balaban J connectivity index is 2.26. The summed E-state index contributed by atoms with van der Waals surface area (Å²) in [5.74, 6) is -0.684. The predicted octanol–water partition coefficient (Wildman–Crippen LogP) is 2.99. The molecular formula is C14H17FN2O3. The molecule has 0 bridgehead atoms. The third-order valence-electron chi connectivity index (χ3n) is 3.43. The molecule has 108 valence electrons. The van der Waals surface area contributed by atoms with Crippen molar-refractivity contribution in [2.24, 2.45) is 5.92 Å². The highest BCUT2D eigenvalue weighted by atomic mass is 19.1. The maximum absolute atomic E-state index is 13.3. The SMILES string of the molecule is CC(C)N(CC1CC1)C(=O)c1ccc(F)c([N+](=O)[O-])c1. The molecule has 1 aromatic rings. The standard InChI is InChI=1S/C14H17FN2O3/c1-9(2)16(8-10-3-4-10)14(18)11-5-6-12(15)13(7-11)17(19)20/h5-7,9-10H,3-4,8H2,1-2H3. The summed E-state index contributed by atoms with van der Waals surface area (Å²) in [5.41, 5.74) is -0.501. The summed E-state index contributed by atoms with van der Waals surface area (Å²) in [7, 11) is 0. The van der Waals surface area contributed by atoms with Gasteiger partial charge in [0.05, 0.1) is 4.92 Å². The quantitative estimate of drug-likeness (QED) is 0.615. The Bertz CT molecular complexity index is 541. The molecule has 1 aromatic carbocycles. The van der Waals surface area contributed by atoms with Crippen LogP contribution in [-0.4, -0.2) is 28.3 Å². The van der Waals surface area contributed by atoms with Gasteiger partial charge in [-0.3, -0.25) is 14.9 Å². The van der Waals surface area contributed by atoms with Crippen molar-refractivity contribution in [1.29, 1.82) is 0 Å². The molecule has 0 N–H and O–H groups in total. The van der Waals surface area contributed by atoms with Crippen LogP contribution in [0.4, 0.5) is 10.1 Å². The first kappa shape index (κ1) is 14.4. The fourth-order valence-corrected chi connectivity index (χ4v) is 2.06. The second kappa shape index (κ2) is 5.56. The monoisotopic (exact) mass is 280 g/mol. The zero-order valence-electron chi connectivity index (χ0n) is 11.5. The van der Waals surface area contributed by atoms with E-state index < -0.39 is 16.4 Å². The molecule has 0 radical (unpaired) electrons. The van der Waals surface area contributed by atoms with Gasteiger partial charge in [0.25, 0.3) is 5.91 Å². The summed E-state index contributed by atoms with van der Waals surface area (Å²) < 4.78 is 13.3. The van der Waals surface area contributed by atoms with Crippen LogP contribution in [0.1, 0.15) is 37.0 Å². The molecular weight excluding hydrogens is 263 g/mol. The number of benzene rings is 1. The minimum atomic E-state index is -0.926. The Labute approximate surface area is 116 Å². The van der Waals surface area contributed by atoms with Gasteiger partial charge in [0, 0.05) is 24.2 Å². The first-order valence-electron chi connectivity index (χ1n) is 6.65. The highest BCUT2D eigenvalue weighted by Crippen LogP contribution is 2.31. The molecule has 1 fully saturated rings. The van der Waals surface area contributed by atoms with Crippen molar-refractivity contribution >= 4 is 11.6 Å². The number of rotatable bonds is 5. The average molecular weight is 280 g/mol. The summed E-state index contributed by atoms with van der Waals surface area (Å²) in [5, 5.41) is 10.7. The van der Waals surface area contributed by atoms with Crippen molar-refractivity contribution in [1.82, 2.24) is 4.90 Å². The van der Waals surface area contributed by atoms with Crippen LogP contribution in [-0.2, 0) is 0 Å². The van der Waals surface area contributed by atoms with Gasteiger partial charge in [-0.1, -0.05) is 0 Å². The highest BCUT2D eigenvalue weighted by Gasteiger charge is 2.29. The van der Waals surface area contributed by atoms with E-state index in [-0.39, 0.29) is 17.5 Å². The number of carbonyl (C=O) groups is 1. The minimum absolute atomic E-state index is 0.00668. The van der Waals surface area contributed by atoms with Gasteiger partial charge in [-0.25, -0.2) is 0 Å². The summed E-state index contributed by atoms with van der Waals surface area (Å²) in [6.07, 6.45) is 2.22. The molecule has 6 heteroatoms. The third-order valence-corrected chi connectivity index (χ3v) is 3.43. The van der Waals surface area contributed by atoms with E-state index in [4.69, 9.17) is 0 Å². The van der Waals surface area contributed by atoms with Crippen LogP contribution >= 0.6 is 0 Å². The zero-order chi connectivity index (χ0) is 14.9. The molecule has 0 saturated heterocycles. The van der Waals surface area contributed by atoms with Crippen molar-refractivity contribution in [2.45, 2.75) is 32.7 Å². The largest absolute Gasteiger partial charge is 0.336 e. The van der Waals surface area contributed by atoms with Crippen molar-refractivity contribution < 1.29 is 14.1 Å². The second-order valence-electron chi connectivity index (χ2n) is 5.42. The van der Waals surface area contributed by atoms with Gasteiger partial charge in [0.15, 0.2) is 0 Å². The molecule has 0 aromatic heterocycles. The van der Waals surface area contributed by atoms with E-state index in [1.54, 1.807) is 4.90 Å². The third kappa shape index (κ3) is 3.12. The maximum Gasteiger partial charge on any atom is 0.305 e. The van der Waals surface area contributed by atoms with E-state index in [2.05, 4.69) is 0 Å². The number of hydrogen-bond donors (Lipinski definition) is 0. The lowest BCUT2D eigenvalue weighted by Gasteiger charge is -2.26. The zero-order valence-corrected chi connectivity index (χ0v) is 11.5. The summed E-state index contributed by atoms with van der Waals surface area (Å²) in [6.45, 7) is 4.46. The Morgan fingerprint density at radius 2 is 2.15 bits per heavy atom. The van der Waals surface area contributed by atoms with Gasteiger partial charge >= 0.3 is 5.69 Å². The summed E-state index contributed by atoms with van der Waals surface area (Å²) >= 11 is 0. The molecule has 1 aliphatic carbocycles. The molecule has 5 nitrogen and oxygen atoms in total. The van der Waals surface area contributed by atoms with Crippen LogP contribution in [0.3, 0.4) is 0 Å². The number of nitrogens with zero attached hydrogens (tertiary/aromatic N) is 2. The maximum atomic E-state index is 13.3. The van der Waals surface area contributed by atoms with Crippen LogP contribution in [0, 0.1) is 21.8 Å². The molecule has 0 spiro atoms. The molecule has 2 rings (SSSR count). The molecule has 20 heavy (non-hydrogen) atoms. The second-order valence-corrected chi connectivity index (χ2v) is 5.42. The highest BCUT2D eigenvalue weighted by molar-refractivity contribution is 5.95. The Morgan fingerprint density at radius 1 is 1.50 bits per heavy atom. The van der Waals surface area contributed by atoms with Gasteiger partial charge in [0.1, 0.15) is 0 Å². The first-order chi connectivity index (χ1) is 9.40. The fraction of sp³-hybridized carbons (Fsp3) is 0.500. The number of amides is 1. The summed E-state index contributed by atoms with van der Waals surface area (Å²) in [4.78, 5) is 24.0. The number of nitro benzene ring substituents is 1. The molecule has 0 atom stereocenters. The van der Waals surface area contributed by atoms with Crippen LogP contribution in [0.2, 0.25) is 0 Å². The molecule has 0 aliphatic heterocycles. The van der Waals surface area contributed by atoms with Crippen LogP contribution < -0.4 is 0 Å². The predicted molar refractivity (Wildman–Crippen MR) is 72.0 cm³/mol. The van der Waals surface area contributed by atoms with E-state index in [0.29, 0.717) is 12.5 Å². The van der Waals surface area contributed by atoms with Crippen LogP contribution in [0.5, 0.6) is 0 Å². The van der Waals surface area contributed by atoms with Crippen molar-refractivity contribution in [3.63, 3.8) is 0 Å². The number of halogens is 1. The van der Waals surface area contributed by atoms with E-state index in [1.807, 2.05) is 13.8 Å². The fourth-order valence-electron chi connectivity index (χ4n) is 2.06. The Morgan fingerprint density at radius 3 is 2.65 bits per heavy atom. The van der Waals surface area contributed by atoms with E-state index in [9.17, 15) is 19.3 Å². The van der Waals surface area contributed by atoms with Gasteiger partial charge in [-0.15, -0.1) is 0 Å². The van der Waals surface area contributed by atoms with Crippen molar-refractivity contribution in [3.8, 4) is 0 Å². The van der Waals surface area contributed by atoms with E-state index in [0.717, 1.165) is 25.0 Å². The van der Waals surface area contributed by atoms with Crippen molar-refractivity contribution in [3.05, 3.63) is 39.7 Å². The lowest BCUT2D eigenvalue weighted by Crippen LogP contribution is -2.38. The molecule has 1 saturated carbocycles. The lowest BCUT2D eigenvalue weighted by molar-refractivity contribution is -0.387. The van der Waals surface area contributed by atoms with Gasteiger partial charge in [0.2, 0.25) is 5.82 Å². The number of nitro groups is 1. The van der Waals surface area contributed by atoms with E-state index >= 15 is 0 Å². The Kier molecular flexibility index (Phi) is 4.01. The first-order valence-corrected chi connectivity index (χ1v) is 6.65. The molecule has 0 heterocycles. The molecule has 1 amide bonds. The average Bonchev–Trinajstić information content (AvgIpc) is 3.19. The minimum Gasteiger partial charge on any atom is -0.336 e. The van der Waals surface area contributed by atoms with Crippen LogP contribution in [0.15, 0.2) is 18.2 Å². The number of hydrogen-bond acceptors (Lipinski definition) is 3. The van der Waals surface area contributed by atoms with Crippen molar-refractivity contribution in [2.75, 3.05) is 6.54 Å². The van der Waals surface area contributed by atoms with Gasteiger partial charge in [-0.05, 0) is 44.7 Å². The summed E-state index contributed by atoms with van der Waals surface area (Å²) in [6, 6.07) is 3.29. The smallest absolute Gasteiger partial charge is 0.305 e. The Hall–Kier alpha value is -1.98. The number of carbonyl (C=O) groups excluding carboxylic acids is 1. The van der Waals surface area contributed by atoms with Crippen LogP contribution in [0.25, 0.3) is 0 Å². The normalized spacial score (nSPS) is 14.4. The van der Waals surface area contributed by atoms with E-state index in [1.165, 1.54) is 6.07 Å². The lowest BCUT2D eigenvalue weighted by atomic mass is 10.1. The topological polar surface area (TPSA) is 63.5 Å². The molecule has 1 aliphatic rings.